The van der Waals surface area contributed by atoms with Crippen LogP contribution in [0.1, 0.15) is 17.4 Å². The molecule has 2 heterocycles. The Bertz CT molecular complexity index is 879. The van der Waals surface area contributed by atoms with E-state index in [1.807, 2.05) is 25.1 Å². The summed E-state index contributed by atoms with van der Waals surface area (Å²) < 4.78 is 7.13. The molecule has 23 heavy (non-hydrogen) atoms. The van der Waals surface area contributed by atoms with Gasteiger partial charge in [-0.1, -0.05) is 12.6 Å². The molecule has 0 saturated heterocycles. The van der Waals surface area contributed by atoms with Crippen molar-refractivity contribution in [2.45, 2.75) is 6.92 Å². The Morgan fingerprint density at radius 2 is 2.00 bits per heavy atom. The van der Waals surface area contributed by atoms with Crippen molar-refractivity contribution in [1.29, 1.82) is 0 Å². The fraction of sp³-hybridized carbons (Fsp3) is 0.111. The Morgan fingerprint density at radius 3 is 2.65 bits per heavy atom. The maximum Gasteiger partial charge on any atom is 0.355 e. The van der Waals surface area contributed by atoms with Crippen LogP contribution in [0.5, 0.6) is 5.75 Å². The molecule has 5 heteroatoms. The van der Waals surface area contributed by atoms with E-state index in [-0.39, 0.29) is 5.69 Å². The number of aromatic carboxylic acids is 1. The van der Waals surface area contributed by atoms with Crippen molar-refractivity contribution in [3.63, 3.8) is 0 Å². The molecule has 0 saturated carbocycles. The van der Waals surface area contributed by atoms with Crippen LogP contribution in [-0.2, 0) is 0 Å². The zero-order chi connectivity index (χ0) is 16.4. The number of benzene rings is 1. The summed E-state index contributed by atoms with van der Waals surface area (Å²) in [5.74, 6) is -0.307. The number of imidazole rings is 1. The molecule has 0 fully saturated rings. The van der Waals surface area contributed by atoms with Crippen LogP contribution in [0.4, 0.5) is 0 Å². The van der Waals surface area contributed by atoms with Gasteiger partial charge < -0.3 is 9.84 Å². The average Bonchev–Trinajstić information content (AvgIpc) is 2.93. The minimum absolute atomic E-state index is 0.149. The van der Waals surface area contributed by atoms with Gasteiger partial charge in [0.1, 0.15) is 23.7 Å². The summed E-state index contributed by atoms with van der Waals surface area (Å²) in [7, 11) is 0. The topological polar surface area (TPSA) is 63.8 Å². The van der Waals surface area contributed by atoms with E-state index in [1.165, 1.54) is 0 Å². The molecule has 1 N–H and O–H groups in total. The SMILES string of the molecule is C=C(C)COc1ccc(-c2nc3ccccn3c2C(=O)O)cc1. The smallest absolute Gasteiger partial charge is 0.355 e. The summed E-state index contributed by atoms with van der Waals surface area (Å²) >= 11 is 0. The van der Waals surface area contributed by atoms with Gasteiger partial charge in [0, 0.05) is 11.8 Å². The van der Waals surface area contributed by atoms with Gasteiger partial charge in [-0.2, -0.15) is 0 Å². The van der Waals surface area contributed by atoms with E-state index < -0.39 is 5.97 Å². The van der Waals surface area contributed by atoms with Crippen molar-refractivity contribution in [2.24, 2.45) is 0 Å². The molecule has 0 aliphatic carbocycles. The molecule has 3 aromatic rings. The number of pyridine rings is 1. The van der Waals surface area contributed by atoms with Gasteiger partial charge in [-0.3, -0.25) is 4.40 Å². The number of rotatable bonds is 5. The van der Waals surface area contributed by atoms with Gasteiger partial charge in [-0.05, 0) is 48.9 Å². The lowest BCUT2D eigenvalue weighted by Gasteiger charge is -2.06. The predicted octanol–water partition coefficient (Wildman–Crippen LogP) is 3.65. The van der Waals surface area contributed by atoms with E-state index in [0.717, 1.165) is 11.1 Å². The first-order chi connectivity index (χ1) is 11.1. The lowest BCUT2D eigenvalue weighted by Crippen LogP contribution is -2.03. The molecule has 3 rings (SSSR count). The molecule has 0 bridgehead atoms. The van der Waals surface area contributed by atoms with Crippen LogP contribution in [0.15, 0.2) is 60.8 Å². The van der Waals surface area contributed by atoms with Crippen LogP contribution in [0.2, 0.25) is 0 Å². The molecule has 5 nitrogen and oxygen atoms in total. The van der Waals surface area contributed by atoms with Crippen molar-refractivity contribution in [3.8, 4) is 17.0 Å². The molecule has 0 aliphatic heterocycles. The van der Waals surface area contributed by atoms with E-state index in [9.17, 15) is 9.90 Å². The van der Waals surface area contributed by atoms with Gasteiger partial charge in [0.15, 0.2) is 5.69 Å². The number of ether oxygens (including phenoxy) is 1. The largest absolute Gasteiger partial charge is 0.489 e. The number of carbonyl (C=O) groups is 1. The first-order valence-electron chi connectivity index (χ1n) is 7.14. The van der Waals surface area contributed by atoms with Crippen molar-refractivity contribution in [1.82, 2.24) is 9.38 Å². The van der Waals surface area contributed by atoms with Gasteiger partial charge in [-0.15, -0.1) is 0 Å². The first-order valence-corrected chi connectivity index (χ1v) is 7.14. The normalized spacial score (nSPS) is 10.7. The summed E-state index contributed by atoms with van der Waals surface area (Å²) in [6.07, 6.45) is 1.69. The number of carboxylic acid groups (broad SMARTS) is 1. The molecule has 0 spiro atoms. The minimum atomic E-state index is -1.01. The highest BCUT2D eigenvalue weighted by Crippen LogP contribution is 2.26. The Labute approximate surface area is 133 Å². The van der Waals surface area contributed by atoms with Crippen molar-refractivity contribution >= 4 is 11.6 Å². The fourth-order valence-electron chi connectivity index (χ4n) is 2.32. The maximum atomic E-state index is 11.6. The number of aromatic nitrogens is 2. The predicted molar refractivity (Wildman–Crippen MR) is 87.9 cm³/mol. The fourth-order valence-corrected chi connectivity index (χ4v) is 2.32. The van der Waals surface area contributed by atoms with Crippen LogP contribution >= 0.6 is 0 Å². The average molecular weight is 308 g/mol. The van der Waals surface area contributed by atoms with Gasteiger partial charge in [-0.25, -0.2) is 9.78 Å². The number of fused-ring (bicyclic) bond motifs is 1. The van der Waals surface area contributed by atoms with Gasteiger partial charge in [0.05, 0.1) is 0 Å². The van der Waals surface area contributed by atoms with Crippen LogP contribution < -0.4 is 4.74 Å². The highest BCUT2D eigenvalue weighted by atomic mass is 16.5. The third-order valence-electron chi connectivity index (χ3n) is 3.35. The van der Waals surface area contributed by atoms with Crippen molar-refractivity contribution in [3.05, 3.63) is 66.5 Å². The molecular formula is C18H16N2O3. The quantitative estimate of drug-likeness (QED) is 0.731. The molecule has 0 aliphatic rings. The highest BCUT2D eigenvalue weighted by Gasteiger charge is 2.19. The number of carboxylic acids is 1. The van der Waals surface area contributed by atoms with Crippen LogP contribution in [0.3, 0.4) is 0 Å². The van der Waals surface area contributed by atoms with E-state index in [1.54, 1.807) is 34.9 Å². The van der Waals surface area contributed by atoms with Crippen molar-refractivity contribution < 1.29 is 14.6 Å². The molecule has 1 aromatic carbocycles. The second-order valence-electron chi connectivity index (χ2n) is 5.31. The van der Waals surface area contributed by atoms with E-state index in [4.69, 9.17) is 4.74 Å². The number of hydrogen-bond donors (Lipinski definition) is 1. The van der Waals surface area contributed by atoms with Crippen LogP contribution in [-0.4, -0.2) is 27.1 Å². The first kappa shape index (κ1) is 14.8. The molecule has 2 aromatic heterocycles. The summed E-state index contributed by atoms with van der Waals surface area (Å²) in [4.78, 5) is 16.1. The number of nitrogens with zero attached hydrogens (tertiary/aromatic N) is 2. The maximum absolute atomic E-state index is 11.6. The van der Waals surface area contributed by atoms with E-state index in [2.05, 4.69) is 11.6 Å². The zero-order valence-corrected chi connectivity index (χ0v) is 12.7. The highest BCUT2D eigenvalue weighted by molar-refractivity contribution is 5.94. The molecule has 0 amide bonds. The third kappa shape index (κ3) is 2.94. The lowest BCUT2D eigenvalue weighted by atomic mass is 10.1. The second kappa shape index (κ2) is 5.96. The van der Waals surface area contributed by atoms with Crippen LogP contribution in [0, 0.1) is 0 Å². The van der Waals surface area contributed by atoms with E-state index >= 15 is 0 Å². The molecular weight excluding hydrogens is 292 g/mol. The van der Waals surface area contributed by atoms with Crippen molar-refractivity contribution in [2.75, 3.05) is 6.61 Å². The van der Waals surface area contributed by atoms with E-state index in [0.29, 0.717) is 23.7 Å². The standard InChI is InChI=1S/C18H16N2O3/c1-12(2)11-23-14-8-6-13(7-9-14)16-17(18(21)22)20-10-4-3-5-15(20)19-16/h3-10H,1,11H2,2H3,(H,21,22). The molecule has 0 unspecified atom stereocenters. The van der Waals surface area contributed by atoms with Gasteiger partial charge in [0.25, 0.3) is 0 Å². The summed E-state index contributed by atoms with van der Waals surface area (Å²) in [6, 6.07) is 12.6. The zero-order valence-electron chi connectivity index (χ0n) is 12.7. The Hall–Kier alpha value is -3.08. The minimum Gasteiger partial charge on any atom is -0.489 e. The molecule has 0 atom stereocenters. The molecule has 0 radical (unpaired) electrons. The Morgan fingerprint density at radius 1 is 1.26 bits per heavy atom. The van der Waals surface area contributed by atoms with Crippen LogP contribution in [0.25, 0.3) is 16.9 Å². The summed E-state index contributed by atoms with van der Waals surface area (Å²) in [5.41, 5.74) is 2.85. The van der Waals surface area contributed by atoms with Gasteiger partial charge in [0.2, 0.25) is 0 Å². The number of hydrogen-bond acceptors (Lipinski definition) is 3. The molecule has 116 valence electrons. The van der Waals surface area contributed by atoms with Gasteiger partial charge >= 0.3 is 5.97 Å². The Balaban J connectivity index is 2.01. The monoisotopic (exact) mass is 308 g/mol. The third-order valence-corrected chi connectivity index (χ3v) is 3.35. The second-order valence-corrected chi connectivity index (χ2v) is 5.31. The summed E-state index contributed by atoms with van der Waals surface area (Å²) in [6.45, 7) is 6.13. The Kier molecular flexibility index (Phi) is 3.85. The lowest BCUT2D eigenvalue weighted by molar-refractivity contribution is 0.0690. The summed E-state index contributed by atoms with van der Waals surface area (Å²) in [5, 5.41) is 9.52.